The van der Waals surface area contributed by atoms with Crippen LogP contribution in [0.1, 0.15) is 53.0 Å². The summed E-state index contributed by atoms with van der Waals surface area (Å²) in [7, 11) is 0. The molecule has 23 heavy (non-hydrogen) atoms. The van der Waals surface area contributed by atoms with Gasteiger partial charge in [-0.3, -0.25) is 9.59 Å². The highest BCUT2D eigenvalue weighted by Crippen LogP contribution is 2.14. The lowest BCUT2D eigenvalue weighted by molar-refractivity contribution is 0.0920. The first-order valence-electron chi connectivity index (χ1n) is 8.02. The van der Waals surface area contributed by atoms with Crippen LogP contribution in [0.3, 0.4) is 0 Å². The first kappa shape index (κ1) is 16.9. The number of hydrogen-bond donors (Lipinski definition) is 0. The first-order chi connectivity index (χ1) is 11.1. The maximum atomic E-state index is 12.1. The highest BCUT2D eigenvalue weighted by molar-refractivity contribution is 5.97. The Kier molecular flexibility index (Phi) is 6.10. The zero-order valence-corrected chi connectivity index (χ0v) is 13.7. The number of hydrogen-bond acceptors (Lipinski definition) is 3. The fraction of sp³-hybridized carbons (Fsp3) is 0.300. The predicted molar refractivity (Wildman–Crippen MR) is 91.3 cm³/mol. The molecule has 0 aliphatic rings. The van der Waals surface area contributed by atoms with Crippen molar-refractivity contribution < 1.29 is 14.3 Å². The Morgan fingerprint density at radius 2 is 1.39 bits per heavy atom. The summed E-state index contributed by atoms with van der Waals surface area (Å²) < 4.78 is 5.51. The number of carbonyl (C=O) groups is 2. The molecule has 0 saturated carbocycles. The summed E-state index contributed by atoms with van der Waals surface area (Å²) in [5.41, 5.74) is 2.56. The molecule has 0 spiro atoms. The fourth-order valence-electron chi connectivity index (χ4n) is 2.32. The van der Waals surface area contributed by atoms with Crippen molar-refractivity contribution in [2.45, 2.75) is 33.1 Å². The minimum absolute atomic E-state index is 0.00576. The van der Waals surface area contributed by atoms with Gasteiger partial charge in [0.2, 0.25) is 0 Å². The second-order valence-corrected chi connectivity index (χ2v) is 5.46. The van der Waals surface area contributed by atoms with Crippen LogP contribution >= 0.6 is 0 Å². The van der Waals surface area contributed by atoms with E-state index in [0.29, 0.717) is 23.3 Å². The van der Waals surface area contributed by atoms with E-state index in [1.54, 1.807) is 24.3 Å². The van der Waals surface area contributed by atoms with Crippen LogP contribution in [0, 0.1) is 0 Å². The summed E-state index contributed by atoms with van der Waals surface area (Å²) in [6, 6.07) is 14.6. The fourth-order valence-corrected chi connectivity index (χ4v) is 2.32. The number of rotatable bonds is 8. The van der Waals surface area contributed by atoms with Crippen LogP contribution in [0.4, 0.5) is 0 Å². The largest absolute Gasteiger partial charge is 0.485 e. The summed E-state index contributed by atoms with van der Waals surface area (Å²) in [5, 5.41) is 0. The molecule has 0 atom stereocenters. The number of carbonyl (C=O) groups excluding carboxylic acids is 2. The third kappa shape index (κ3) is 4.78. The minimum atomic E-state index is -0.0539. The molecule has 0 radical (unpaired) electrons. The lowest BCUT2D eigenvalue weighted by atomic mass is 10.1. The molecule has 3 nitrogen and oxygen atoms in total. The maximum absolute atomic E-state index is 12.1. The van der Waals surface area contributed by atoms with E-state index in [2.05, 4.69) is 6.92 Å². The van der Waals surface area contributed by atoms with E-state index in [9.17, 15) is 9.59 Å². The van der Waals surface area contributed by atoms with Crippen molar-refractivity contribution in [2.75, 3.05) is 6.61 Å². The maximum Gasteiger partial charge on any atom is 0.200 e. The van der Waals surface area contributed by atoms with Crippen molar-refractivity contribution in [3.8, 4) is 5.75 Å². The lowest BCUT2D eigenvalue weighted by Crippen LogP contribution is -2.11. The molecule has 0 bridgehead atoms. The van der Waals surface area contributed by atoms with E-state index >= 15 is 0 Å². The topological polar surface area (TPSA) is 43.4 Å². The van der Waals surface area contributed by atoms with Gasteiger partial charge in [-0.2, -0.15) is 0 Å². The minimum Gasteiger partial charge on any atom is -0.485 e. The van der Waals surface area contributed by atoms with Crippen LogP contribution in [0.5, 0.6) is 5.75 Å². The zero-order valence-electron chi connectivity index (χ0n) is 13.7. The summed E-state index contributed by atoms with van der Waals surface area (Å²) in [6.07, 6.45) is 2.59. The Morgan fingerprint density at radius 3 is 1.96 bits per heavy atom. The Morgan fingerprint density at radius 1 is 0.826 bits per heavy atom. The van der Waals surface area contributed by atoms with Crippen LogP contribution in [-0.2, 0) is 6.42 Å². The number of Topliss-reactive ketones (excluding diaryl/α,β-unsaturated/α-hetero) is 2. The van der Waals surface area contributed by atoms with Gasteiger partial charge in [0.15, 0.2) is 18.2 Å². The van der Waals surface area contributed by atoms with Crippen LogP contribution in [-0.4, -0.2) is 18.2 Å². The van der Waals surface area contributed by atoms with Crippen molar-refractivity contribution in [3.63, 3.8) is 0 Å². The number of benzene rings is 2. The van der Waals surface area contributed by atoms with E-state index < -0.39 is 0 Å². The molecular weight excluding hydrogens is 288 g/mol. The van der Waals surface area contributed by atoms with E-state index in [1.165, 1.54) is 5.56 Å². The summed E-state index contributed by atoms with van der Waals surface area (Å²) in [4.78, 5) is 23.7. The molecular formula is C20H22O3. The highest BCUT2D eigenvalue weighted by atomic mass is 16.5. The van der Waals surface area contributed by atoms with Gasteiger partial charge in [-0.1, -0.05) is 44.5 Å². The van der Waals surface area contributed by atoms with Gasteiger partial charge in [-0.25, -0.2) is 0 Å². The van der Waals surface area contributed by atoms with Crippen molar-refractivity contribution in [2.24, 2.45) is 0 Å². The third-order valence-electron chi connectivity index (χ3n) is 3.68. The molecule has 120 valence electrons. The van der Waals surface area contributed by atoms with Crippen LogP contribution in [0.2, 0.25) is 0 Å². The van der Waals surface area contributed by atoms with Crippen LogP contribution in [0.25, 0.3) is 0 Å². The van der Waals surface area contributed by atoms with E-state index in [4.69, 9.17) is 4.74 Å². The highest BCUT2D eigenvalue weighted by Gasteiger charge is 2.08. The lowest BCUT2D eigenvalue weighted by Gasteiger charge is -2.07. The molecule has 3 heteroatoms. The number of ketones is 2. The second-order valence-electron chi connectivity index (χ2n) is 5.46. The summed E-state index contributed by atoms with van der Waals surface area (Å²) >= 11 is 0. The quantitative estimate of drug-likeness (QED) is 0.675. The molecule has 0 saturated heterocycles. The van der Waals surface area contributed by atoms with Crippen LogP contribution < -0.4 is 4.74 Å². The summed E-state index contributed by atoms with van der Waals surface area (Å²) in [5.74, 6) is 0.634. The monoisotopic (exact) mass is 310 g/mol. The standard InChI is InChI=1S/C20H22O3/c1-3-5-15-6-8-17(9-7-15)20(22)14-23-18-12-10-16(11-13-18)19(21)4-2/h6-13H,3-5,14H2,1-2H3. The molecule has 2 aromatic carbocycles. The van der Waals surface area contributed by atoms with Gasteiger partial charge in [0.25, 0.3) is 0 Å². The molecule has 0 unspecified atom stereocenters. The molecule has 0 aliphatic heterocycles. The van der Waals surface area contributed by atoms with Gasteiger partial charge in [0, 0.05) is 17.5 Å². The van der Waals surface area contributed by atoms with Crippen molar-refractivity contribution >= 4 is 11.6 Å². The molecule has 0 N–H and O–H groups in total. The Bertz CT molecular complexity index is 654. The predicted octanol–water partition coefficient (Wildman–Crippen LogP) is 4.49. The van der Waals surface area contributed by atoms with Crippen molar-refractivity contribution in [3.05, 3.63) is 65.2 Å². The SMILES string of the molecule is CCCc1ccc(C(=O)COc2ccc(C(=O)CC)cc2)cc1. The van der Waals surface area contributed by atoms with Crippen LogP contribution in [0.15, 0.2) is 48.5 Å². The van der Waals surface area contributed by atoms with Gasteiger partial charge in [0.1, 0.15) is 5.75 Å². The van der Waals surface area contributed by atoms with E-state index in [1.807, 2.05) is 31.2 Å². The molecule has 0 aliphatic carbocycles. The van der Waals surface area contributed by atoms with Crippen molar-refractivity contribution in [1.82, 2.24) is 0 Å². The number of aryl methyl sites for hydroxylation is 1. The molecule has 0 aromatic heterocycles. The average molecular weight is 310 g/mol. The second kappa shape index (κ2) is 8.28. The molecule has 0 heterocycles. The zero-order chi connectivity index (χ0) is 16.7. The Balaban J connectivity index is 1.92. The summed E-state index contributed by atoms with van der Waals surface area (Å²) in [6.45, 7) is 3.96. The molecule has 2 rings (SSSR count). The van der Waals surface area contributed by atoms with Gasteiger partial charge < -0.3 is 4.74 Å². The molecule has 2 aromatic rings. The molecule has 0 amide bonds. The number of ether oxygens (including phenoxy) is 1. The normalized spacial score (nSPS) is 10.3. The molecule has 0 fully saturated rings. The smallest absolute Gasteiger partial charge is 0.200 e. The van der Waals surface area contributed by atoms with Gasteiger partial charge in [0.05, 0.1) is 0 Å². The van der Waals surface area contributed by atoms with Gasteiger partial charge in [-0.05, 0) is 36.2 Å². The van der Waals surface area contributed by atoms with Crippen molar-refractivity contribution in [1.29, 1.82) is 0 Å². The van der Waals surface area contributed by atoms with Gasteiger partial charge in [-0.15, -0.1) is 0 Å². The Hall–Kier alpha value is -2.42. The van der Waals surface area contributed by atoms with Gasteiger partial charge >= 0.3 is 0 Å². The first-order valence-corrected chi connectivity index (χ1v) is 8.02. The third-order valence-corrected chi connectivity index (χ3v) is 3.68. The van der Waals surface area contributed by atoms with E-state index in [0.717, 1.165) is 12.8 Å². The Labute approximate surface area is 137 Å². The van der Waals surface area contributed by atoms with E-state index in [-0.39, 0.29) is 18.2 Å². The average Bonchev–Trinajstić information content (AvgIpc) is 2.60.